The average Bonchev–Trinajstić information content (AvgIpc) is 3.04. The molecule has 108 valence electrons. The summed E-state index contributed by atoms with van der Waals surface area (Å²) in [4.78, 5) is 34.9. The molecule has 1 fully saturated rings. The maximum absolute atomic E-state index is 12.3. The number of rotatable bonds is 4. The molecule has 1 unspecified atom stereocenters. The summed E-state index contributed by atoms with van der Waals surface area (Å²) in [6.07, 6.45) is 1.73. The van der Waals surface area contributed by atoms with Gasteiger partial charge in [0.2, 0.25) is 0 Å². The minimum atomic E-state index is -0.919. The quantitative estimate of drug-likeness (QED) is 0.653. The van der Waals surface area contributed by atoms with Crippen LogP contribution in [0.25, 0.3) is 0 Å². The number of hydrogen-bond donors (Lipinski definition) is 1. The highest BCUT2D eigenvalue weighted by molar-refractivity contribution is 5.94. The highest BCUT2D eigenvalue weighted by Gasteiger charge is 2.33. The number of hydrogen-bond acceptors (Lipinski definition) is 4. The van der Waals surface area contributed by atoms with Crippen molar-refractivity contribution in [3.8, 4) is 0 Å². The molecule has 2 rings (SSSR count). The SMILES string of the molecule is CCn1cc([N+](=O)[O-])cc1C(=O)N1CCC(C(=O)O)C1. The van der Waals surface area contributed by atoms with Gasteiger partial charge in [-0.15, -0.1) is 0 Å². The van der Waals surface area contributed by atoms with Gasteiger partial charge in [0.1, 0.15) is 5.69 Å². The zero-order valence-electron chi connectivity index (χ0n) is 11.0. The van der Waals surface area contributed by atoms with E-state index in [1.165, 1.54) is 21.7 Å². The number of aliphatic carboxylic acids is 1. The number of carbonyl (C=O) groups is 2. The second kappa shape index (κ2) is 5.32. The smallest absolute Gasteiger partial charge is 0.308 e. The zero-order chi connectivity index (χ0) is 14.9. The van der Waals surface area contributed by atoms with Crippen LogP contribution in [0, 0.1) is 16.0 Å². The molecule has 1 aromatic heterocycles. The summed E-state index contributed by atoms with van der Waals surface area (Å²) in [5.74, 6) is -1.83. The van der Waals surface area contributed by atoms with E-state index in [-0.39, 0.29) is 23.8 Å². The number of aromatic nitrogens is 1. The van der Waals surface area contributed by atoms with Gasteiger partial charge in [-0.1, -0.05) is 0 Å². The van der Waals surface area contributed by atoms with Crippen molar-refractivity contribution in [1.29, 1.82) is 0 Å². The van der Waals surface area contributed by atoms with E-state index >= 15 is 0 Å². The van der Waals surface area contributed by atoms with Crippen LogP contribution in [0.3, 0.4) is 0 Å². The molecule has 0 bridgehead atoms. The maximum atomic E-state index is 12.3. The first-order valence-corrected chi connectivity index (χ1v) is 6.30. The fourth-order valence-corrected chi connectivity index (χ4v) is 2.34. The predicted octanol–water partition coefficient (Wildman–Crippen LogP) is 0.963. The van der Waals surface area contributed by atoms with Crippen molar-refractivity contribution in [1.82, 2.24) is 9.47 Å². The molecule has 0 spiro atoms. The van der Waals surface area contributed by atoms with Crippen LogP contribution in [-0.2, 0) is 11.3 Å². The van der Waals surface area contributed by atoms with Crippen molar-refractivity contribution in [3.63, 3.8) is 0 Å². The van der Waals surface area contributed by atoms with Gasteiger partial charge in [0.15, 0.2) is 0 Å². The van der Waals surface area contributed by atoms with Crippen LogP contribution in [-0.4, -0.2) is 44.5 Å². The van der Waals surface area contributed by atoms with Gasteiger partial charge in [-0.05, 0) is 13.3 Å². The van der Waals surface area contributed by atoms with E-state index in [1.54, 1.807) is 6.92 Å². The Morgan fingerprint density at radius 2 is 2.25 bits per heavy atom. The van der Waals surface area contributed by atoms with Gasteiger partial charge in [0.25, 0.3) is 11.6 Å². The molecular weight excluding hydrogens is 266 g/mol. The van der Waals surface area contributed by atoms with E-state index in [9.17, 15) is 19.7 Å². The summed E-state index contributed by atoms with van der Waals surface area (Å²) in [7, 11) is 0. The van der Waals surface area contributed by atoms with Gasteiger partial charge in [-0.2, -0.15) is 0 Å². The lowest BCUT2D eigenvalue weighted by Gasteiger charge is -2.16. The second-order valence-corrected chi connectivity index (χ2v) is 4.70. The molecule has 1 saturated heterocycles. The second-order valence-electron chi connectivity index (χ2n) is 4.70. The van der Waals surface area contributed by atoms with Gasteiger partial charge >= 0.3 is 5.97 Å². The number of carbonyl (C=O) groups excluding carboxylic acids is 1. The molecule has 1 N–H and O–H groups in total. The van der Waals surface area contributed by atoms with Crippen LogP contribution in [0.4, 0.5) is 5.69 Å². The summed E-state index contributed by atoms with van der Waals surface area (Å²) in [6.45, 7) is 2.73. The Morgan fingerprint density at radius 3 is 2.75 bits per heavy atom. The van der Waals surface area contributed by atoms with Crippen molar-refractivity contribution in [2.75, 3.05) is 13.1 Å². The first-order valence-electron chi connectivity index (χ1n) is 6.30. The first kappa shape index (κ1) is 14.0. The third-order valence-electron chi connectivity index (χ3n) is 3.48. The van der Waals surface area contributed by atoms with Crippen molar-refractivity contribution in [2.45, 2.75) is 19.9 Å². The van der Waals surface area contributed by atoms with Crippen LogP contribution in [0.15, 0.2) is 12.3 Å². The number of amides is 1. The van der Waals surface area contributed by atoms with Crippen LogP contribution in [0.2, 0.25) is 0 Å². The Hall–Kier alpha value is -2.38. The topological polar surface area (TPSA) is 106 Å². The predicted molar refractivity (Wildman–Crippen MR) is 68.4 cm³/mol. The molecule has 1 aliphatic heterocycles. The molecule has 0 radical (unpaired) electrons. The lowest BCUT2D eigenvalue weighted by atomic mass is 10.1. The number of aryl methyl sites for hydroxylation is 1. The molecule has 0 aliphatic carbocycles. The van der Waals surface area contributed by atoms with E-state index in [1.807, 2.05) is 0 Å². The van der Waals surface area contributed by atoms with Gasteiger partial charge < -0.3 is 14.6 Å². The van der Waals surface area contributed by atoms with E-state index in [4.69, 9.17) is 5.11 Å². The van der Waals surface area contributed by atoms with Crippen molar-refractivity contribution in [2.24, 2.45) is 5.92 Å². The molecule has 0 aromatic carbocycles. The molecule has 2 heterocycles. The number of likely N-dealkylation sites (tertiary alicyclic amines) is 1. The monoisotopic (exact) mass is 281 g/mol. The summed E-state index contributed by atoms with van der Waals surface area (Å²) in [5, 5.41) is 19.7. The molecular formula is C12H15N3O5. The highest BCUT2D eigenvalue weighted by atomic mass is 16.6. The van der Waals surface area contributed by atoms with Gasteiger partial charge in [0, 0.05) is 25.7 Å². The normalized spacial score (nSPS) is 18.2. The minimum Gasteiger partial charge on any atom is -0.481 e. The molecule has 1 aromatic rings. The average molecular weight is 281 g/mol. The Bertz CT molecular complexity index is 565. The summed E-state index contributed by atoms with van der Waals surface area (Å²) in [5.41, 5.74) is 0.0921. The molecule has 8 heteroatoms. The molecule has 1 atom stereocenters. The third-order valence-corrected chi connectivity index (χ3v) is 3.48. The fraction of sp³-hybridized carbons (Fsp3) is 0.500. The Kier molecular flexibility index (Phi) is 3.73. The Morgan fingerprint density at radius 1 is 1.55 bits per heavy atom. The standard InChI is InChI=1S/C12H15N3O5/c1-2-13-7-9(15(19)20)5-10(13)11(16)14-4-3-8(6-14)12(17)18/h5,7-8H,2-4,6H2,1H3,(H,17,18). The third kappa shape index (κ3) is 2.49. The van der Waals surface area contributed by atoms with E-state index in [0.29, 0.717) is 19.5 Å². The van der Waals surface area contributed by atoms with Crippen LogP contribution in [0.5, 0.6) is 0 Å². The molecule has 20 heavy (non-hydrogen) atoms. The number of nitrogens with zero attached hydrogens (tertiary/aromatic N) is 3. The van der Waals surface area contributed by atoms with Gasteiger partial charge in [-0.3, -0.25) is 19.7 Å². The van der Waals surface area contributed by atoms with Crippen LogP contribution >= 0.6 is 0 Å². The number of carboxylic acid groups (broad SMARTS) is 1. The summed E-state index contributed by atoms with van der Waals surface area (Å²) in [6, 6.07) is 1.24. The van der Waals surface area contributed by atoms with E-state index in [2.05, 4.69) is 0 Å². The first-order chi connectivity index (χ1) is 9.43. The molecule has 1 aliphatic rings. The minimum absolute atomic E-state index is 0.135. The summed E-state index contributed by atoms with van der Waals surface area (Å²) >= 11 is 0. The van der Waals surface area contributed by atoms with Crippen LogP contribution in [0.1, 0.15) is 23.8 Å². The van der Waals surface area contributed by atoms with Gasteiger partial charge in [-0.25, -0.2) is 0 Å². The van der Waals surface area contributed by atoms with E-state index in [0.717, 1.165) is 0 Å². The van der Waals surface area contributed by atoms with Crippen molar-refractivity contribution in [3.05, 3.63) is 28.1 Å². The van der Waals surface area contributed by atoms with Crippen molar-refractivity contribution < 1.29 is 19.6 Å². The maximum Gasteiger partial charge on any atom is 0.308 e. The molecule has 0 saturated carbocycles. The molecule has 8 nitrogen and oxygen atoms in total. The lowest BCUT2D eigenvalue weighted by molar-refractivity contribution is -0.384. The number of nitro groups is 1. The molecule has 1 amide bonds. The van der Waals surface area contributed by atoms with Gasteiger partial charge in [0.05, 0.1) is 17.0 Å². The summed E-state index contributed by atoms with van der Waals surface area (Å²) < 4.78 is 1.51. The Balaban J connectivity index is 2.21. The largest absolute Gasteiger partial charge is 0.481 e. The van der Waals surface area contributed by atoms with Crippen molar-refractivity contribution >= 4 is 17.6 Å². The lowest BCUT2D eigenvalue weighted by Crippen LogP contribution is -2.31. The van der Waals surface area contributed by atoms with Crippen LogP contribution < -0.4 is 0 Å². The highest BCUT2D eigenvalue weighted by Crippen LogP contribution is 2.22. The number of carboxylic acids is 1. The fourth-order valence-electron chi connectivity index (χ4n) is 2.34. The zero-order valence-corrected chi connectivity index (χ0v) is 11.0. The Labute approximate surface area is 114 Å². The van der Waals surface area contributed by atoms with E-state index < -0.39 is 16.8 Å².